The summed E-state index contributed by atoms with van der Waals surface area (Å²) in [6.45, 7) is 0.417. The van der Waals surface area contributed by atoms with Crippen molar-refractivity contribution >= 4 is 16.1 Å². The Morgan fingerprint density at radius 3 is 2.24 bits per heavy atom. The SMILES string of the molecule is COC(=O)NCc1nc(-c2ccc(OC)cc2)c(-c2ccc(OCCNS(C)(=O)=O)cc2)o1. The van der Waals surface area contributed by atoms with Gasteiger partial charge in [0, 0.05) is 17.7 Å². The van der Waals surface area contributed by atoms with E-state index >= 15 is 0 Å². The van der Waals surface area contributed by atoms with Gasteiger partial charge in [-0.05, 0) is 48.5 Å². The van der Waals surface area contributed by atoms with E-state index in [0.29, 0.717) is 28.8 Å². The largest absolute Gasteiger partial charge is 0.497 e. The second-order valence-electron chi connectivity index (χ2n) is 6.90. The number of sulfonamides is 1. The van der Waals surface area contributed by atoms with Gasteiger partial charge in [0.25, 0.3) is 0 Å². The van der Waals surface area contributed by atoms with Crippen LogP contribution in [0, 0.1) is 0 Å². The lowest BCUT2D eigenvalue weighted by molar-refractivity contribution is 0.169. The first-order valence-electron chi connectivity index (χ1n) is 9.93. The molecule has 176 valence electrons. The summed E-state index contributed by atoms with van der Waals surface area (Å²) < 4.78 is 45.9. The number of hydrogen-bond acceptors (Lipinski definition) is 8. The summed E-state index contributed by atoms with van der Waals surface area (Å²) in [6, 6.07) is 14.5. The smallest absolute Gasteiger partial charge is 0.407 e. The highest BCUT2D eigenvalue weighted by Gasteiger charge is 2.18. The molecule has 1 heterocycles. The Kier molecular flexibility index (Phi) is 7.91. The van der Waals surface area contributed by atoms with E-state index in [4.69, 9.17) is 13.9 Å². The van der Waals surface area contributed by atoms with Crippen LogP contribution >= 0.6 is 0 Å². The number of benzene rings is 2. The zero-order valence-corrected chi connectivity index (χ0v) is 19.3. The number of ether oxygens (including phenoxy) is 3. The van der Waals surface area contributed by atoms with Crippen molar-refractivity contribution in [2.24, 2.45) is 0 Å². The van der Waals surface area contributed by atoms with Crippen molar-refractivity contribution in [3.05, 3.63) is 54.4 Å². The molecule has 10 nitrogen and oxygen atoms in total. The van der Waals surface area contributed by atoms with E-state index in [1.807, 2.05) is 36.4 Å². The zero-order valence-electron chi connectivity index (χ0n) is 18.5. The van der Waals surface area contributed by atoms with Crippen molar-refractivity contribution in [1.29, 1.82) is 0 Å². The highest BCUT2D eigenvalue weighted by atomic mass is 32.2. The molecule has 0 aliphatic carbocycles. The second kappa shape index (κ2) is 10.8. The molecular weight excluding hydrogens is 450 g/mol. The van der Waals surface area contributed by atoms with E-state index in [0.717, 1.165) is 17.4 Å². The fraction of sp³-hybridized carbons (Fsp3) is 0.273. The van der Waals surface area contributed by atoms with Gasteiger partial charge in [0.1, 0.15) is 23.8 Å². The van der Waals surface area contributed by atoms with Gasteiger partial charge in [-0.15, -0.1) is 0 Å². The maximum Gasteiger partial charge on any atom is 0.407 e. The molecule has 0 fully saturated rings. The molecule has 0 aliphatic heterocycles. The summed E-state index contributed by atoms with van der Waals surface area (Å²) in [4.78, 5) is 16.0. The zero-order chi connectivity index (χ0) is 23.8. The maximum atomic E-state index is 11.4. The second-order valence-corrected chi connectivity index (χ2v) is 8.73. The summed E-state index contributed by atoms with van der Waals surface area (Å²) in [6.07, 6.45) is 0.502. The molecular formula is C22H25N3O7S. The van der Waals surface area contributed by atoms with Crippen LogP contribution in [0.1, 0.15) is 5.89 Å². The van der Waals surface area contributed by atoms with Crippen LogP contribution in [0.25, 0.3) is 22.6 Å². The number of carbonyl (C=O) groups excluding carboxylic acids is 1. The van der Waals surface area contributed by atoms with Gasteiger partial charge in [0.15, 0.2) is 5.76 Å². The number of nitrogens with zero attached hydrogens (tertiary/aromatic N) is 1. The topological polar surface area (TPSA) is 129 Å². The molecule has 0 saturated carbocycles. The molecule has 0 unspecified atom stereocenters. The fourth-order valence-corrected chi connectivity index (χ4v) is 3.35. The molecule has 0 aliphatic rings. The molecule has 11 heteroatoms. The lowest BCUT2D eigenvalue weighted by atomic mass is 10.1. The van der Waals surface area contributed by atoms with E-state index < -0.39 is 16.1 Å². The fourth-order valence-electron chi connectivity index (χ4n) is 2.90. The lowest BCUT2D eigenvalue weighted by Gasteiger charge is -2.08. The van der Waals surface area contributed by atoms with Crippen molar-refractivity contribution in [3.8, 4) is 34.1 Å². The first kappa shape index (κ1) is 24.1. The van der Waals surface area contributed by atoms with Crippen LogP contribution in [-0.2, 0) is 21.3 Å². The Labute approximate surface area is 191 Å². The van der Waals surface area contributed by atoms with Crippen molar-refractivity contribution in [1.82, 2.24) is 15.0 Å². The highest BCUT2D eigenvalue weighted by molar-refractivity contribution is 7.88. The molecule has 33 heavy (non-hydrogen) atoms. The van der Waals surface area contributed by atoms with Crippen LogP contribution < -0.4 is 19.5 Å². The number of hydrogen-bond donors (Lipinski definition) is 2. The Morgan fingerprint density at radius 1 is 1.00 bits per heavy atom. The lowest BCUT2D eigenvalue weighted by Crippen LogP contribution is -2.26. The number of alkyl carbamates (subject to hydrolysis) is 1. The van der Waals surface area contributed by atoms with Crippen molar-refractivity contribution in [3.63, 3.8) is 0 Å². The minimum atomic E-state index is -3.26. The average molecular weight is 476 g/mol. The molecule has 3 rings (SSSR count). The van der Waals surface area contributed by atoms with Crippen molar-refractivity contribution in [2.45, 2.75) is 6.54 Å². The van der Waals surface area contributed by atoms with E-state index in [1.54, 1.807) is 19.2 Å². The van der Waals surface area contributed by atoms with Gasteiger partial charge in [-0.3, -0.25) is 0 Å². The van der Waals surface area contributed by atoms with Crippen LogP contribution in [-0.4, -0.2) is 53.1 Å². The van der Waals surface area contributed by atoms with Crippen LogP contribution in [0.2, 0.25) is 0 Å². The van der Waals surface area contributed by atoms with Gasteiger partial charge in [0.2, 0.25) is 15.9 Å². The molecule has 0 bridgehead atoms. The van der Waals surface area contributed by atoms with E-state index in [-0.39, 0.29) is 19.7 Å². The number of oxazole rings is 1. The van der Waals surface area contributed by atoms with Gasteiger partial charge in [0.05, 0.1) is 27.0 Å². The van der Waals surface area contributed by atoms with Crippen LogP contribution in [0.4, 0.5) is 4.79 Å². The van der Waals surface area contributed by atoms with E-state index in [1.165, 1.54) is 7.11 Å². The van der Waals surface area contributed by atoms with Crippen LogP contribution in [0.15, 0.2) is 52.9 Å². The summed E-state index contributed by atoms with van der Waals surface area (Å²) in [5.41, 5.74) is 2.16. The minimum Gasteiger partial charge on any atom is -0.497 e. The third kappa shape index (κ3) is 6.96. The Bertz CT molecular complexity index is 1170. The van der Waals surface area contributed by atoms with Gasteiger partial charge in [-0.1, -0.05) is 0 Å². The van der Waals surface area contributed by atoms with Gasteiger partial charge in [-0.2, -0.15) is 0 Å². The maximum absolute atomic E-state index is 11.4. The summed E-state index contributed by atoms with van der Waals surface area (Å²) in [5.74, 6) is 2.12. The van der Waals surface area contributed by atoms with E-state index in [2.05, 4.69) is 19.8 Å². The highest BCUT2D eigenvalue weighted by Crippen LogP contribution is 2.34. The molecule has 0 radical (unpaired) electrons. The number of amides is 1. The average Bonchev–Trinajstić information content (AvgIpc) is 3.24. The van der Waals surface area contributed by atoms with Crippen molar-refractivity contribution < 1.29 is 31.8 Å². The third-order valence-electron chi connectivity index (χ3n) is 4.46. The summed E-state index contributed by atoms with van der Waals surface area (Å²) in [5, 5.41) is 2.55. The number of aromatic nitrogens is 1. The summed E-state index contributed by atoms with van der Waals surface area (Å²) >= 11 is 0. The first-order chi connectivity index (χ1) is 15.8. The van der Waals surface area contributed by atoms with Gasteiger partial charge < -0.3 is 23.9 Å². The third-order valence-corrected chi connectivity index (χ3v) is 5.18. The predicted molar refractivity (Wildman–Crippen MR) is 122 cm³/mol. The van der Waals surface area contributed by atoms with Crippen LogP contribution in [0.5, 0.6) is 11.5 Å². The van der Waals surface area contributed by atoms with Gasteiger partial charge in [-0.25, -0.2) is 22.9 Å². The Morgan fingerprint density at radius 2 is 1.64 bits per heavy atom. The number of nitrogens with one attached hydrogen (secondary N) is 2. The molecule has 0 saturated heterocycles. The molecule has 0 atom stereocenters. The molecule has 1 amide bonds. The summed E-state index contributed by atoms with van der Waals surface area (Å²) in [7, 11) is -0.389. The minimum absolute atomic E-state index is 0.0599. The molecule has 2 aromatic carbocycles. The first-order valence-corrected chi connectivity index (χ1v) is 11.8. The Hall–Kier alpha value is -3.57. The van der Waals surface area contributed by atoms with Crippen molar-refractivity contribution in [2.75, 3.05) is 33.6 Å². The van der Waals surface area contributed by atoms with Crippen LogP contribution in [0.3, 0.4) is 0 Å². The number of carbonyl (C=O) groups is 1. The monoisotopic (exact) mass is 475 g/mol. The quantitative estimate of drug-likeness (QED) is 0.428. The molecule has 1 aromatic heterocycles. The standard InChI is InChI=1S/C22H25N3O7S/c1-29-17-8-4-15(5-9-17)20-21(32-19(25-20)14-23-22(26)30-2)16-6-10-18(11-7-16)31-13-12-24-33(3,27)28/h4-11,24H,12-14H2,1-3H3,(H,23,26). The Balaban J connectivity index is 1.81. The molecule has 2 N–H and O–H groups in total. The predicted octanol–water partition coefficient (Wildman–Crippen LogP) is 2.80. The number of methoxy groups -OCH3 is 2. The number of rotatable bonds is 10. The molecule has 3 aromatic rings. The van der Waals surface area contributed by atoms with Gasteiger partial charge >= 0.3 is 6.09 Å². The molecule has 0 spiro atoms. The normalized spacial score (nSPS) is 11.1. The van der Waals surface area contributed by atoms with E-state index in [9.17, 15) is 13.2 Å².